The summed E-state index contributed by atoms with van der Waals surface area (Å²) in [5, 5.41) is 9.69. The second-order valence-electron chi connectivity index (χ2n) is 8.69. The van der Waals surface area contributed by atoms with Crippen molar-refractivity contribution >= 4 is 23.5 Å². The molecule has 0 spiro atoms. The lowest BCUT2D eigenvalue weighted by molar-refractivity contribution is -0.128. The molecule has 4 aromatic rings. The molecule has 7 nitrogen and oxygen atoms in total. The number of benzene rings is 2. The summed E-state index contributed by atoms with van der Waals surface area (Å²) in [5.41, 5.74) is 4.36. The molecule has 0 unspecified atom stereocenters. The zero-order valence-electron chi connectivity index (χ0n) is 20.0. The maximum atomic E-state index is 13.0. The average Bonchev–Trinajstić information content (AvgIpc) is 3.32. The molecule has 8 heteroatoms. The Bertz CT molecular complexity index is 1280. The Kier molecular flexibility index (Phi) is 6.81. The van der Waals surface area contributed by atoms with E-state index in [0.717, 1.165) is 36.0 Å². The summed E-state index contributed by atoms with van der Waals surface area (Å²) in [5.74, 6) is 2.17. The molecule has 1 fully saturated rings. The van der Waals surface area contributed by atoms with Crippen molar-refractivity contribution in [2.45, 2.75) is 19.0 Å². The Morgan fingerprint density at radius 1 is 0.857 bits per heavy atom. The lowest BCUT2D eigenvalue weighted by atomic mass is 10.1. The van der Waals surface area contributed by atoms with Gasteiger partial charge in [-0.25, -0.2) is 4.98 Å². The number of aromatic nitrogens is 4. The monoisotopic (exact) mass is 484 g/mol. The van der Waals surface area contributed by atoms with Crippen molar-refractivity contribution in [2.75, 3.05) is 36.8 Å². The molecule has 1 aliphatic heterocycles. The number of carbonyl (C=O) groups is 1. The van der Waals surface area contributed by atoms with Crippen molar-refractivity contribution in [3.63, 3.8) is 0 Å². The predicted octanol–water partition coefficient (Wildman–Crippen LogP) is 4.39. The van der Waals surface area contributed by atoms with Crippen molar-refractivity contribution in [1.29, 1.82) is 0 Å². The topological polar surface area (TPSA) is 67.2 Å². The van der Waals surface area contributed by atoms with Gasteiger partial charge in [0.25, 0.3) is 0 Å². The van der Waals surface area contributed by atoms with Crippen LogP contribution in [0.5, 0.6) is 0 Å². The van der Waals surface area contributed by atoms with Gasteiger partial charge in [-0.3, -0.25) is 9.36 Å². The number of aryl methyl sites for hydroxylation is 2. The van der Waals surface area contributed by atoms with E-state index in [-0.39, 0.29) is 5.91 Å². The van der Waals surface area contributed by atoms with Gasteiger partial charge in [-0.2, -0.15) is 0 Å². The van der Waals surface area contributed by atoms with E-state index in [1.165, 1.54) is 22.9 Å². The molecule has 3 heterocycles. The van der Waals surface area contributed by atoms with Crippen LogP contribution in [-0.2, 0) is 4.79 Å². The first-order chi connectivity index (χ1) is 17.1. The van der Waals surface area contributed by atoms with E-state index in [0.29, 0.717) is 24.0 Å². The minimum atomic E-state index is 0.117. The fourth-order valence-electron chi connectivity index (χ4n) is 4.12. The summed E-state index contributed by atoms with van der Waals surface area (Å²) in [6, 6.07) is 22.5. The van der Waals surface area contributed by atoms with Crippen molar-refractivity contribution in [3.05, 3.63) is 84.1 Å². The smallest absolute Gasteiger partial charge is 0.233 e. The lowest BCUT2D eigenvalue weighted by Crippen LogP contribution is -2.49. The van der Waals surface area contributed by atoms with Gasteiger partial charge in [-0.05, 0) is 38.1 Å². The molecule has 0 N–H and O–H groups in total. The number of piperazine rings is 1. The summed E-state index contributed by atoms with van der Waals surface area (Å²) >= 11 is 1.44. The molecule has 5 rings (SSSR count). The van der Waals surface area contributed by atoms with Gasteiger partial charge < -0.3 is 9.80 Å². The number of anilines is 1. The van der Waals surface area contributed by atoms with E-state index in [1.807, 2.05) is 27.7 Å². The Morgan fingerprint density at radius 3 is 2.20 bits per heavy atom. The van der Waals surface area contributed by atoms with Gasteiger partial charge in [0, 0.05) is 43.6 Å². The summed E-state index contributed by atoms with van der Waals surface area (Å²) in [7, 11) is 0. The van der Waals surface area contributed by atoms with E-state index >= 15 is 0 Å². The number of thioether (sulfide) groups is 1. The van der Waals surface area contributed by atoms with Crippen molar-refractivity contribution in [2.24, 2.45) is 0 Å². The number of hydrogen-bond acceptors (Lipinski definition) is 6. The Morgan fingerprint density at radius 2 is 1.54 bits per heavy atom. The van der Waals surface area contributed by atoms with Crippen LogP contribution in [0.15, 0.2) is 78.1 Å². The van der Waals surface area contributed by atoms with Gasteiger partial charge in [0.2, 0.25) is 5.91 Å². The molecule has 178 valence electrons. The van der Waals surface area contributed by atoms with Crippen molar-refractivity contribution < 1.29 is 4.79 Å². The van der Waals surface area contributed by atoms with Gasteiger partial charge in [0.15, 0.2) is 11.0 Å². The van der Waals surface area contributed by atoms with E-state index in [4.69, 9.17) is 0 Å². The van der Waals surface area contributed by atoms with E-state index in [1.54, 1.807) is 6.20 Å². The van der Waals surface area contributed by atoms with Gasteiger partial charge in [-0.15, -0.1) is 10.2 Å². The normalized spacial score (nSPS) is 13.8. The first-order valence-electron chi connectivity index (χ1n) is 11.7. The Balaban J connectivity index is 1.30. The number of carbonyl (C=O) groups excluding carboxylic acids is 1. The summed E-state index contributed by atoms with van der Waals surface area (Å²) < 4.78 is 2.04. The van der Waals surface area contributed by atoms with Gasteiger partial charge >= 0.3 is 0 Å². The van der Waals surface area contributed by atoms with Crippen LogP contribution in [0.4, 0.5) is 5.82 Å². The molecule has 0 bridgehead atoms. The summed E-state index contributed by atoms with van der Waals surface area (Å²) in [6.45, 7) is 7.08. The minimum Gasteiger partial charge on any atom is -0.353 e. The lowest BCUT2D eigenvalue weighted by Gasteiger charge is -2.35. The Labute approximate surface area is 209 Å². The molecule has 2 aromatic carbocycles. The van der Waals surface area contributed by atoms with Crippen LogP contribution >= 0.6 is 11.8 Å². The molecule has 35 heavy (non-hydrogen) atoms. The van der Waals surface area contributed by atoms with Gasteiger partial charge in [-0.1, -0.05) is 65.4 Å². The molecule has 2 aromatic heterocycles. The highest BCUT2D eigenvalue weighted by Gasteiger charge is 2.23. The largest absolute Gasteiger partial charge is 0.353 e. The summed E-state index contributed by atoms with van der Waals surface area (Å²) in [6.07, 6.45) is 1.80. The van der Waals surface area contributed by atoms with Crippen LogP contribution in [0.25, 0.3) is 17.1 Å². The molecule has 1 aliphatic rings. The molecule has 0 saturated carbocycles. The van der Waals surface area contributed by atoms with Crippen LogP contribution in [0.3, 0.4) is 0 Å². The molecular formula is C27H28N6OS. The van der Waals surface area contributed by atoms with Crippen molar-refractivity contribution in [3.8, 4) is 17.1 Å². The highest BCUT2D eigenvalue weighted by atomic mass is 32.2. The predicted molar refractivity (Wildman–Crippen MR) is 140 cm³/mol. The molecule has 1 saturated heterocycles. The van der Waals surface area contributed by atoms with Crippen LogP contribution in [0.1, 0.15) is 11.1 Å². The highest BCUT2D eigenvalue weighted by Crippen LogP contribution is 2.28. The van der Waals surface area contributed by atoms with Crippen LogP contribution in [-0.4, -0.2) is 62.5 Å². The first-order valence-corrected chi connectivity index (χ1v) is 12.7. The van der Waals surface area contributed by atoms with Gasteiger partial charge in [0.1, 0.15) is 5.82 Å². The molecule has 0 aliphatic carbocycles. The number of pyridine rings is 1. The van der Waals surface area contributed by atoms with E-state index < -0.39 is 0 Å². The molecular weight excluding hydrogens is 456 g/mol. The average molecular weight is 485 g/mol. The fraction of sp³-hybridized carbons (Fsp3) is 0.259. The maximum absolute atomic E-state index is 13.0. The molecule has 1 amide bonds. The quantitative estimate of drug-likeness (QED) is 0.378. The fourth-order valence-corrected chi connectivity index (χ4v) is 4.98. The summed E-state index contributed by atoms with van der Waals surface area (Å²) in [4.78, 5) is 21.6. The third-order valence-corrected chi connectivity index (χ3v) is 7.08. The van der Waals surface area contributed by atoms with Crippen LogP contribution in [0.2, 0.25) is 0 Å². The third-order valence-electron chi connectivity index (χ3n) is 6.17. The first kappa shape index (κ1) is 23.1. The standard InChI is InChI=1S/C27H28N6OS/c1-20-6-10-22(11-7-20)26-29-30-27(33(26)23-12-8-21(2)9-13-23)35-19-25(34)32-17-15-31(16-18-32)24-5-3-4-14-28-24/h3-14H,15-19H2,1-2H3. The highest BCUT2D eigenvalue weighted by molar-refractivity contribution is 7.99. The van der Waals surface area contributed by atoms with E-state index in [2.05, 4.69) is 82.5 Å². The van der Waals surface area contributed by atoms with Crippen molar-refractivity contribution in [1.82, 2.24) is 24.6 Å². The molecule has 0 radical (unpaired) electrons. The number of rotatable bonds is 6. The third kappa shape index (κ3) is 5.22. The maximum Gasteiger partial charge on any atom is 0.233 e. The molecule has 0 atom stereocenters. The van der Waals surface area contributed by atoms with Gasteiger partial charge in [0.05, 0.1) is 5.75 Å². The second kappa shape index (κ2) is 10.3. The zero-order valence-corrected chi connectivity index (χ0v) is 20.8. The van der Waals surface area contributed by atoms with Crippen LogP contribution < -0.4 is 4.90 Å². The van der Waals surface area contributed by atoms with E-state index in [9.17, 15) is 4.79 Å². The zero-order chi connectivity index (χ0) is 24.2. The second-order valence-corrected chi connectivity index (χ2v) is 9.63. The SMILES string of the molecule is Cc1ccc(-c2nnc(SCC(=O)N3CCN(c4ccccn4)CC3)n2-c2ccc(C)cc2)cc1. The number of hydrogen-bond donors (Lipinski definition) is 0. The van der Waals surface area contributed by atoms with Crippen LogP contribution in [0, 0.1) is 13.8 Å². The minimum absolute atomic E-state index is 0.117. The number of amides is 1. The Hall–Kier alpha value is -3.65. The number of nitrogens with zero attached hydrogens (tertiary/aromatic N) is 6.